The van der Waals surface area contributed by atoms with E-state index in [0.29, 0.717) is 17.1 Å². The van der Waals surface area contributed by atoms with Gasteiger partial charge in [0.1, 0.15) is 16.3 Å². The molecule has 2 N–H and O–H groups in total. The molecular formula is C28H34N4O4S. The molecule has 1 saturated heterocycles. The third-order valence-corrected chi connectivity index (χ3v) is 7.39. The van der Waals surface area contributed by atoms with Crippen molar-refractivity contribution in [3.05, 3.63) is 65.0 Å². The van der Waals surface area contributed by atoms with E-state index < -0.39 is 5.97 Å². The van der Waals surface area contributed by atoms with E-state index >= 15 is 0 Å². The number of methoxy groups -OCH3 is 1. The summed E-state index contributed by atoms with van der Waals surface area (Å²) in [6, 6.07) is 17.4. The van der Waals surface area contributed by atoms with Crippen LogP contribution in [0.2, 0.25) is 0 Å². The molecule has 8 nitrogen and oxygen atoms in total. The lowest BCUT2D eigenvalue weighted by Gasteiger charge is -2.36. The van der Waals surface area contributed by atoms with E-state index in [0.717, 1.165) is 60.2 Å². The number of rotatable bonds is 9. The average Bonchev–Trinajstić information content (AvgIpc) is 3.25. The van der Waals surface area contributed by atoms with Gasteiger partial charge in [-0.3, -0.25) is 10.2 Å². The van der Waals surface area contributed by atoms with Crippen LogP contribution in [0.1, 0.15) is 22.2 Å². The second-order valence-electron chi connectivity index (χ2n) is 8.71. The van der Waals surface area contributed by atoms with Crippen LogP contribution in [0.3, 0.4) is 0 Å². The van der Waals surface area contributed by atoms with Gasteiger partial charge >= 0.3 is 12.0 Å². The summed E-state index contributed by atoms with van der Waals surface area (Å²) >= 11 is 1.38. The van der Waals surface area contributed by atoms with E-state index in [1.165, 1.54) is 11.3 Å². The molecule has 4 rings (SSSR count). The number of nitrogens with one attached hydrogen (secondary N) is 2. The Balaban J connectivity index is 1.32. The molecule has 2 aromatic carbocycles. The van der Waals surface area contributed by atoms with Gasteiger partial charge in [0, 0.05) is 49.7 Å². The molecule has 37 heavy (non-hydrogen) atoms. The van der Waals surface area contributed by atoms with Crippen molar-refractivity contribution >= 4 is 34.0 Å². The van der Waals surface area contributed by atoms with E-state index in [4.69, 9.17) is 9.47 Å². The van der Waals surface area contributed by atoms with Crippen LogP contribution in [-0.2, 0) is 4.74 Å². The summed E-state index contributed by atoms with van der Waals surface area (Å²) in [5, 5.41) is 6.32. The molecule has 1 aliphatic rings. The number of piperazine rings is 1. The molecule has 2 amide bonds. The molecule has 0 unspecified atom stereocenters. The lowest BCUT2D eigenvalue weighted by Crippen LogP contribution is -2.48. The fraction of sp³-hybridized carbons (Fsp3) is 0.357. The lowest BCUT2D eigenvalue weighted by atomic mass is 10.0. The number of ether oxygens (including phenoxy) is 2. The van der Waals surface area contributed by atoms with Crippen molar-refractivity contribution in [2.75, 3.05) is 63.2 Å². The number of thiophene rings is 1. The fourth-order valence-corrected chi connectivity index (χ4v) is 5.62. The van der Waals surface area contributed by atoms with Crippen LogP contribution in [0.25, 0.3) is 11.1 Å². The lowest BCUT2D eigenvalue weighted by molar-refractivity contribution is 0.0529. The van der Waals surface area contributed by atoms with E-state index in [1.807, 2.05) is 55.5 Å². The summed E-state index contributed by atoms with van der Waals surface area (Å²) in [4.78, 5) is 31.2. The number of hydrogen-bond acceptors (Lipinski definition) is 7. The van der Waals surface area contributed by atoms with Crippen LogP contribution in [-0.4, -0.2) is 69.9 Å². The molecule has 0 bridgehead atoms. The minimum Gasteiger partial charge on any atom is -0.495 e. The van der Waals surface area contributed by atoms with Gasteiger partial charge in [0.2, 0.25) is 0 Å². The van der Waals surface area contributed by atoms with Crippen LogP contribution in [0, 0.1) is 6.92 Å². The third kappa shape index (κ3) is 6.42. The predicted octanol–water partition coefficient (Wildman–Crippen LogP) is 4.85. The first-order valence-corrected chi connectivity index (χ1v) is 13.3. The highest BCUT2D eigenvalue weighted by molar-refractivity contribution is 7.17. The van der Waals surface area contributed by atoms with Crippen molar-refractivity contribution in [2.24, 2.45) is 0 Å². The van der Waals surface area contributed by atoms with Crippen LogP contribution >= 0.6 is 11.3 Å². The standard InChI is InChI=1S/C28H34N4O4S/c1-4-36-27(33)25-24(21-10-6-5-7-11-21)20(2)37-26(25)30-28(34)29-14-15-31-16-18-32(19-17-31)22-12-8-9-13-23(22)35-3/h5-13H,4,14-19H2,1-3H3,(H2,29,30,34). The van der Waals surface area contributed by atoms with Gasteiger partial charge in [0.15, 0.2) is 0 Å². The maximum Gasteiger partial charge on any atom is 0.341 e. The molecule has 1 aliphatic heterocycles. The maximum atomic E-state index is 12.8. The monoisotopic (exact) mass is 522 g/mol. The highest BCUT2D eigenvalue weighted by atomic mass is 32.1. The molecule has 1 aromatic heterocycles. The van der Waals surface area contributed by atoms with Gasteiger partial charge in [-0.25, -0.2) is 9.59 Å². The van der Waals surface area contributed by atoms with Gasteiger partial charge in [-0.2, -0.15) is 0 Å². The molecule has 0 saturated carbocycles. The number of para-hydroxylation sites is 2. The van der Waals surface area contributed by atoms with Crippen molar-refractivity contribution in [3.63, 3.8) is 0 Å². The number of esters is 1. The van der Waals surface area contributed by atoms with E-state index in [-0.39, 0.29) is 12.6 Å². The molecule has 196 valence electrons. The summed E-state index contributed by atoms with van der Waals surface area (Å²) in [7, 11) is 1.70. The van der Waals surface area contributed by atoms with Gasteiger partial charge in [-0.1, -0.05) is 42.5 Å². The van der Waals surface area contributed by atoms with E-state index in [2.05, 4.69) is 26.5 Å². The van der Waals surface area contributed by atoms with Gasteiger partial charge in [0.25, 0.3) is 0 Å². The van der Waals surface area contributed by atoms with Crippen LogP contribution < -0.4 is 20.3 Å². The van der Waals surface area contributed by atoms with E-state index in [1.54, 1.807) is 14.0 Å². The first-order chi connectivity index (χ1) is 18.0. The molecule has 0 spiro atoms. The molecule has 0 aliphatic carbocycles. The van der Waals surface area contributed by atoms with Crippen molar-refractivity contribution < 1.29 is 19.1 Å². The van der Waals surface area contributed by atoms with Gasteiger partial charge in [0.05, 0.1) is 19.4 Å². The highest BCUT2D eigenvalue weighted by Gasteiger charge is 2.25. The zero-order valence-corrected chi connectivity index (χ0v) is 22.4. The normalized spacial score (nSPS) is 13.8. The highest BCUT2D eigenvalue weighted by Crippen LogP contribution is 2.40. The van der Waals surface area contributed by atoms with Crippen LogP contribution in [0.4, 0.5) is 15.5 Å². The zero-order chi connectivity index (χ0) is 26.2. The van der Waals surface area contributed by atoms with Crippen molar-refractivity contribution in [1.82, 2.24) is 10.2 Å². The van der Waals surface area contributed by atoms with Gasteiger partial charge < -0.3 is 19.7 Å². The number of amides is 2. The molecule has 0 radical (unpaired) electrons. The summed E-state index contributed by atoms with van der Waals surface area (Å²) in [6.07, 6.45) is 0. The molecular weight excluding hydrogens is 488 g/mol. The number of hydrogen-bond donors (Lipinski definition) is 2. The number of carbonyl (C=O) groups excluding carboxylic acids is 2. The largest absolute Gasteiger partial charge is 0.495 e. The summed E-state index contributed by atoms with van der Waals surface area (Å²) in [5.74, 6) is 0.449. The van der Waals surface area contributed by atoms with Crippen molar-refractivity contribution in [3.8, 4) is 16.9 Å². The summed E-state index contributed by atoms with van der Waals surface area (Å²) in [6.45, 7) is 8.83. The van der Waals surface area contributed by atoms with Crippen LogP contribution in [0.15, 0.2) is 54.6 Å². The number of urea groups is 1. The second-order valence-corrected chi connectivity index (χ2v) is 9.93. The van der Waals surface area contributed by atoms with E-state index in [9.17, 15) is 9.59 Å². The summed E-state index contributed by atoms with van der Waals surface area (Å²) in [5.41, 5.74) is 3.23. The SMILES string of the molecule is CCOC(=O)c1c(NC(=O)NCCN2CCN(c3ccccc3OC)CC2)sc(C)c1-c1ccccc1. The molecule has 2 heterocycles. The zero-order valence-electron chi connectivity index (χ0n) is 21.6. The Hall–Kier alpha value is -3.56. The number of anilines is 2. The Morgan fingerprint density at radius 2 is 1.70 bits per heavy atom. The molecule has 0 atom stereocenters. The Bertz CT molecular complexity index is 1210. The van der Waals surface area contributed by atoms with Gasteiger partial charge in [-0.15, -0.1) is 11.3 Å². The number of aryl methyl sites for hydroxylation is 1. The Morgan fingerprint density at radius 1 is 1.00 bits per heavy atom. The second kappa shape index (κ2) is 12.6. The fourth-order valence-electron chi connectivity index (χ4n) is 4.56. The van der Waals surface area contributed by atoms with Crippen molar-refractivity contribution in [2.45, 2.75) is 13.8 Å². The average molecular weight is 523 g/mol. The van der Waals surface area contributed by atoms with Gasteiger partial charge in [-0.05, 0) is 31.5 Å². The van der Waals surface area contributed by atoms with Crippen LogP contribution in [0.5, 0.6) is 5.75 Å². The van der Waals surface area contributed by atoms with Crippen molar-refractivity contribution in [1.29, 1.82) is 0 Å². The first-order valence-electron chi connectivity index (χ1n) is 12.5. The molecule has 1 fully saturated rings. The smallest absolute Gasteiger partial charge is 0.341 e. The third-order valence-electron chi connectivity index (χ3n) is 6.37. The minimum absolute atomic E-state index is 0.262. The minimum atomic E-state index is -0.436. The Kier molecular flexibility index (Phi) is 9.03. The summed E-state index contributed by atoms with van der Waals surface area (Å²) < 4.78 is 10.8. The molecule has 9 heteroatoms. The Labute approximate surface area is 222 Å². The quantitative estimate of drug-likeness (QED) is 0.391. The number of carbonyl (C=O) groups is 2. The predicted molar refractivity (Wildman–Crippen MR) is 149 cm³/mol. The molecule has 3 aromatic rings. The number of nitrogens with zero attached hydrogens (tertiary/aromatic N) is 2. The topological polar surface area (TPSA) is 83.1 Å². The first kappa shape index (κ1) is 26.5. The number of benzene rings is 2. The maximum absolute atomic E-state index is 12.8. The Morgan fingerprint density at radius 3 is 2.41 bits per heavy atom.